The van der Waals surface area contributed by atoms with Crippen LogP contribution in [0.5, 0.6) is 0 Å². The molecule has 3 rings (SSSR count). The number of benzene rings is 2. The van der Waals surface area contributed by atoms with Gasteiger partial charge >= 0.3 is 0 Å². The third-order valence-electron chi connectivity index (χ3n) is 4.21. The maximum Gasteiger partial charge on any atom is 0.173 e. The van der Waals surface area contributed by atoms with Gasteiger partial charge in [-0.2, -0.15) is 0 Å². The second-order valence-electron chi connectivity index (χ2n) is 5.68. The van der Waals surface area contributed by atoms with Gasteiger partial charge < -0.3 is 15.3 Å². The zero-order chi connectivity index (χ0) is 15.4. The van der Waals surface area contributed by atoms with Gasteiger partial charge in [-0.05, 0) is 42.8 Å². The molecular weight excluding hydrogens is 292 g/mol. The fourth-order valence-corrected chi connectivity index (χ4v) is 3.14. The van der Waals surface area contributed by atoms with E-state index in [1.54, 1.807) is 0 Å². The average Bonchev–Trinajstić information content (AvgIpc) is 2.57. The van der Waals surface area contributed by atoms with Gasteiger partial charge in [-0.25, -0.2) is 0 Å². The molecule has 0 radical (unpaired) electrons. The van der Waals surface area contributed by atoms with Crippen LogP contribution in [0.3, 0.4) is 0 Å². The van der Waals surface area contributed by atoms with Gasteiger partial charge in [0.25, 0.3) is 0 Å². The lowest BCUT2D eigenvalue weighted by molar-refractivity contribution is -0.0117. The molecular formula is C18H20N2OS. The van der Waals surface area contributed by atoms with Crippen LogP contribution < -0.4 is 5.32 Å². The number of para-hydroxylation sites is 1. The summed E-state index contributed by atoms with van der Waals surface area (Å²) in [6.07, 6.45) is 1.38. The maximum atomic E-state index is 10.8. The summed E-state index contributed by atoms with van der Waals surface area (Å²) in [6, 6.07) is 19.8. The van der Waals surface area contributed by atoms with E-state index in [1.807, 2.05) is 60.7 Å². The standard InChI is InChI=1S/C18H20N2OS/c21-18(15-7-3-1-4-8-15)11-13-20(14-12-18)17(22)19-16-9-5-2-6-10-16/h1-10,21H,11-14H2,(H,19,22). The van der Waals surface area contributed by atoms with Gasteiger partial charge in [-0.3, -0.25) is 0 Å². The van der Waals surface area contributed by atoms with Crippen molar-refractivity contribution < 1.29 is 5.11 Å². The number of hydrogen-bond acceptors (Lipinski definition) is 2. The second kappa shape index (κ2) is 6.46. The lowest BCUT2D eigenvalue weighted by atomic mass is 9.84. The lowest BCUT2D eigenvalue weighted by Gasteiger charge is -2.39. The Bertz CT molecular complexity index is 622. The normalized spacial score (nSPS) is 17.0. The molecule has 1 fully saturated rings. The Kier molecular flexibility index (Phi) is 4.41. The molecule has 1 aliphatic heterocycles. The number of rotatable bonds is 2. The predicted octanol–water partition coefficient (Wildman–Crippen LogP) is 3.37. The summed E-state index contributed by atoms with van der Waals surface area (Å²) >= 11 is 5.48. The highest BCUT2D eigenvalue weighted by Crippen LogP contribution is 2.32. The summed E-state index contributed by atoms with van der Waals surface area (Å²) in [6.45, 7) is 1.51. The maximum absolute atomic E-state index is 10.8. The Morgan fingerprint density at radius 2 is 1.50 bits per heavy atom. The summed E-state index contributed by atoms with van der Waals surface area (Å²) < 4.78 is 0. The molecule has 0 aromatic heterocycles. The highest BCUT2D eigenvalue weighted by molar-refractivity contribution is 7.80. The van der Waals surface area contributed by atoms with E-state index in [-0.39, 0.29) is 0 Å². The van der Waals surface area contributed by atoms with E-state index in [2.05, 4.69) is 10.2 Å². The molecule has 4 heteroatoms. The van der Waals surface area contributed by atoms with Gasteiger partial charge in [-0.15, -0.1) is 0 Å². The molecule has 0 bridgehead atoms. The molecule has 0 aliphatic carbocycles. The molecule has 1 saturated heterocycles. The van der Waals surface area contributed by atoms with Crippen molar-refractivity contribution in [2.24, 2.45) is 0 Å². The van der Waals surface area contributed by atoms with E-state index < -0.39 is 5.60 Å². The van der Waals surface area contributed by atoms with Crippen LogP contribution in [0.15, 0.2) is 60.7 Å². The highest BCUT2D eigenvalue weighted by Gasteiger charge is 2.34. The number of anilines is 1. The number of likely N-dealkylation sites (tertiary alicyclic amines) is 1. The van der Waals surface area contributed by atoms with Crippen LogP contribution in [0.4, 0.5) is 5.69 Å². The third kappa shape index (κ3) is 3.29. The summed E-state index contributed by atoms with van der Waals surface area (Å²) in [4.78, 5) is 2.12. The van der Waals surface area contributed by atoms with Gasteiger partial charge in [0, 0.05) is 18.8 Å². The van der Waals surface area contributed by atoms with Crippen molar-refractivity contribution >= 4 is 23.0 Å². The summed E-state index contributed by atoms with van der Waals surface area (Å²) in [5.74, 6) is 0. The minimum Gasteiger partial charge on any atom is -0.385 e. The summed E-state index contributed by atoms with van der Waals surface area (Å²) in [7, 11) is 0. The SMILES string of the molecule is OC1(c2ccccc2)CCN(C(=S)Nc2ccccc2)CC1. The first-order valence-electron chi connectivity index (χ1n) is 7.56. The zero-order valence-corrected chi connectivity index (χ0v) is 13.2. The smallest absolute Gasteiger partial charge is 0.173 e. The molecule has 0 atom stereocenters. The predicted molar refractivity (Wildman–Crippen MR) is 93.8 cm³/mol. The van der Waals surface area contributed by atoms with E-state index in [0.717, 1.165) is 29.5 Å². The van der Waals surface area contributed by atoms with Gasteiger partial charge in [0.05, 0.1) is 5.60 Å². The first kappa shape index (κ1) is 15.0. The molecule has 3 nitrogen and oxygen atoms in total. The van der Waals surface area contributed by atoms with Crippen LogP contribution in [0.25, 0.3) is 0 Å². The van der Waals surface area contributed by atoms with Crippen LogP contribution in [0, 0.1) is 0 Å². The molecule has 0 spiro atoms. The summed E-state index contributed by atoms with van der Waals surface area (Å²) in [5, 5.41) is 14.8. The van der Waals surface area contributed by atoms with Crippen molar-refractivity contribution in [2.45, 2.75) is 18.4 Å². The van der Waals surface area contributed by atoms with E-state index in [4.69, 9.17) is 12.2 Å². The molecule has 1 heterocycles. The topological polar surface area (TPSA) is 35.5 Å². The van der Waals surface area contributed by atoms with Crippen LogP contribution in [-0.2, 0) is 5.60 Å². The second-order valence-corrected chi connectivity index (χ2v) is 6.07. The molecule has 1 aliphatic rings. The Balaban J connectivity index is 1.61. The van der Waals surface area contributed by atoms with Crippen LogP contribution in [-0.4, -0.2) is 28.2 Å². The van der Waals surface area contributed by atoms with E-state index >= 15 is 0 Å². The quantitative estimate of drug-likeness (QED) is 0.834. The van der Waals surface area contributed by atoms with E-state index in [1.165, 1.54) is 0 Å². The van der Waals surface area contributed by atoms with Crippen LogP contribution in [0.2, 0.25) is 0 Å². The number of nitrogens with zero attached hydrogens (tertiary/aromatic N) is 1. The number of piperidine rings is 1. The fourth-order valence-electron chi connectivity index (χ4n) is 2.84. The monoisotopic (exact) mass is 312 g/mol. The van der Waals surface area contributed by atoms with Crippen molar-refractivity contribution in [3.63, 3.8) is 0 Å². The Morgan fingerprint density at radius 1 is 0.955 bits per heavy atom. The lowest BCUT2D eigenvalue weighted by Crippen LogP contribution is -2.46. The van der Waals surface area contributed by atoms with Gasteiger partial charge in [0.1, 0.15) is 0 Å². The highest BCUT2D eigenvalue weighted by atomic mass is 32.1. The van der Waals surface area contributed by atoms with Gasteiger partial charge in [-0.1, -0.05) is 48.5 Å². The van der Waals surface area contributed by atoms with E-state index in [0.29, 0.717) is 12.8 Å². The minimum atomic E-state index is -0.736. The van der Waals surface area contributed by atoms with Crippen LogP contribution >= 0.6 is 12.2 Å². The van der Waals surface area contributed by atoms with Crippen molar-refractivity contribution in [1.29, 1.82) is 0 Å². The third-order valence-corrected chi connectivity index (χ3v) is 4.57. The molecule has 0 amide bonds. The number of hydrogen-bond donors (Lipinski definition) is 2. The molecule has 22 heavy (non-hydrogen) atoms. The molecule has 0 saturated carbocycles. The zero-order valence-electron chi connectivity index (χ0n) is 12.4. The first-order valence-corrected chi connectivity index (χ1v) is 7.97. The fraction of sp³-hybridized carbons (Fsp3) is 0.278. The molecule has 2 aromatic carbocycles. The van der Waals surface area contributed by atoms with Crippen molar-refractivity contribution in [1.82, 2.24) is 4.90 Å². The molecule has 114 valence electrons. The van der Waals surface area contributed by atoms with Gasteiger partial charge in [0.2, 0.25) is 0 Å². The van der Waals surface area contributed by atoms with Crippen molar-refractivity contribution in [3.8, 4) is 0 Å². The van der Waals surface area contributed by atoms with Crippen molar-refractivity contribution in [2.75, 3.05) is 18.4 Å². The van der Waals surface area contributed by atoms with E-state index in [9.17, 15) is 5.11 Å². The minimum absolute atomic E-state index is 0.688. The number of aliphatic hydroxyl groups is 1. The molecule has 0 unspecified atom stereocenters. The first-order chi connectivity index (χ1) is 10.7. The Morgan fingerprint density at radius 3 is 2.09 bits per heavy atom. The molecule has 2 aromatic rings. The number of nitrogens with one attached hydrogen (secondary N) is 1. The van der Waals surface area contributed by atoms with Crippen molar-refractivity contribution in [3.05, 3.63) is 66.2 Å². The Labute approximate surface area is 136 Å². The number of thiocarbonyl (C=S) groups is 1. The summed E-state index contributed by atoms with van der Waals surface area (Å²) in [5.41, 5.74) is 1.26. The average molecular weight is 312 g/mol. The Hall–Kier alpha value is -1.91. The van der Waals surface area contributed by atoms with Crippen LogP contribution in [0.1, 0.15) is 18.4 Å². The largest absolute Gasteiger partial charge is 0.385 e. The van der Waals surface area contributed by atoms with Gasteiger partial charge in [0.15, 0.2) is 5.11 Å². The molecule has 2 N–H and O–H groups in total.